The van der Waals surface area contributed by atoms with Crippen LogP contribution in [-0.4, -0.2) is 38.7 Å². The molecule has 2 amide bonds. The third-order valence-corrected chi connectivity index (χ3v) is 6.10. The molecule has 0 aliphatic heterocycles. The minimum Gasteiger partial charge on any atom is -0.450 e. The van der Waals surface area contributed by atoms with Crippen LogP contribution in [0.5, 0.6) is 0 Å². The van der Waals surface area contributed by atoms with E-state index in [1.807, 2.05) is 36.5 Å². The van der Waals surface area contributed by atoms with Crippen LogP contribution in [0.1, 0.15) is 18.1 Å². The van der Waals surface area contributed by atoms with Gasteiger partial charge in [-0.05, 0) is 37.6 Å². The van der Waals surface area contributed by atoms with Gasteiger partial charge >= 0.3 is 6.09 Å². The fraction of sp³-hybridized carbons (Fsp3) is 0.154. The smallest absolute Gasteiger partial charge is 0.414 e. The normalized spacial score (nSPS) is 11.2. The quantitative estimate of drug-likeness (QED) is 0.249. The summed E-state index contributed by atoms with van der Waals surface area (Å²) in [4.78, 5) is 36.2. The number of amides is 2. The number of fused-ring (bicyclic) bond motifs is 1. The molecule has 0 fully saturated rings. The minimum absolute atomic E-state index is 0.0517. The van der Waals surface area contributed by atoms with Crippen LogP contribution in [0.15, 0.2) is 64.6 Å². The van der Waals surface area contributed by atoms with Gasteiger partial charge in [-0.3, -0.25) is 20.3 Å². The number of nitrogens with zero attached hydrogens (tertiary/aromatic N) is 5. The molecule has 0 atom stereocenters. The maximum absolute atomic E-state index is 12.7. The lowest BCUT2D eigenvalue weighted by atomic mass is 10.1. The lowest BCUT2D eigenvalue weighted by Gasteiger charge is -2.12. The molecule has 2 N–H and O–H groups in total. The third-order valence-electron chi connectivity index (χ3n) is 5.53. The summed E-state index contributed by atoms with van der Waals surface area (Å²) in [5, 5.41) is 19.6. The fourth-order valence-electron chi connectivity index (χ4n) is 3.69. The number of imide groups is 1. The molecule has 11 nitrogen and oxygen atoms in total. The molecule has 0 unspecified atom stereocenters. The number of ether oxygens (including phenoxy) is 1. The first-order valence-electron chi connectivity index (χ1n) is 11.6. The highest BCUT2D eigenvalue weighted by atomic mass is 35.5. The second-order valence-corrected chi connectivity index (χ2v) is 9.03. The number of benzene rings is 2. The fourth-order valence-corrected chi connectivity index (χ4v) is 4.34. The average Bonchev–Trinajstić information content (AvgIpc) is 3.31. The van der Waals surface area contributed by atoms with Crippen molar-refractivity contribution >= 4 is 57.6 Å². The number of hydrazone groups is 1. The molecule has 198 valence electrons. The number of rotatable bonds is 7. The van der Waals surface area contributed by atoms with E-state index in [9.17, 15) is 19.6 Å². The highest BCUT2D eigenvalue weighted by Crippen LogP contribution is 2.34. The van der Waals surface area contributed by atoms with E-state index >= 15 is 0 Å². The summed E-state index contributed by atoms with van der Waals surface area (Å²) in [6.07, 6.45) is 0.562. The Bertz CT molecular complexity index is 1680. The predicted octanol–water partition coefficient (Wildman–Crippen LogP) is 4.41. The van der Waals surface area contributed by atoms with Gasteiger partial charge < -0.3 is 9.30 Å². The van der Waals surface area contributed by atoms with Crippen molar-refractivity contribution in [1.82, 2.24) is 19.7 Å². The second kappa shape index (κ2) is 11.8. The first-order chi connectivity index (χ1) is 18.7. The Morgan fingerprint density at radius 3 is 2.44 bits per heavy atom. The van der Waals surface area contributed by atoms with E-state index < -0.39 is 17.7 Å². The molecule has 0 saturated heterocycles. The van der Waals surface area contributed by atoms with Gasteiger partial charge in [0.25, 0.3) is 11.5 Å². The van der Waals surface area contributed by atoms with E-state index in [1.54, 1.807) is 29.8 Å². The maximum atomic E-state index is 12.7. The number of nitrogens with one attached hydrogen (secondary N) is 2. The van der Waals surface area contributed by atoms with Gasteiger partial charge in [0.05, 0.1) is 46.1 Å². The summed E-state index contributed by atoms with van der Waals surface area (Å²) in [6.45, 7) is 3.97. The van der Waals surface area contributed by atoms with E-state index in [4.69, 9.17) is 23.2 Å². The van der Waals surface area contributed by atoms with Crippen molar-refractivity contribution in [3.05, 3.63) is 86.3 Å². The molecule has 13 heteroatoms. The number of carbonyl (C=O) groups excluding carboxylic acids is 2. The number of carbonyl (C=O) groups is 2. The summed E-state index contributed by atoms with van der Waals surface area (Å²) in [5.74, 6) is -1.04. The average molecular weight is 566 g/mol. The van der Waals surface area contributed by atoms with E-state index in [-0.39, 0.29) is 27.9 Å². The zero-order valence-electron chi connectivity index (χ0n) is 20.7. The van der Waals surface area contributed by atoms with Crippen LogP contribution < -0.4 is 16.3 Å². The Hall–Kier alpha value is -4.66. The van der Waals surface area contributed by atoms with Gasteiger partial charge in [-0.25, -0.2) is 9.48 Å². The summed E-state index contributed by atoms with van der Waals surface area (Å²) < 4.78 is 7.74. The topological polar surface area (TPSA) is 143 Å². The van der Waals surface area contributed by atoms with Crippen LogP contribution >= 0.6 is 23.2 Å². The van der Waals surface area contributed by atoms with Crippen LogP contribution in [0.25, 0.3) is 16.7 Å². The Morgan fingerprint density at radius 1 is 1.10 bits per heavy atom. The number of alkyl carbamates (subject to hydrolysis) is 1. The number of hydrogen-bond acceptors (Lipinski definition) is 8. The molecular formula is C26H21Cl2N7O4. The van der Waals surface area contributed by atoms with E-state index in [0.717, 1.165) is 11.1 Å². The van der Waals surface area contributed by atoms with Gasteiger partial charge in [-0.2, -0.15) is 15.5 Å². The second-order valence-electron chi connectivity index (χ2n) is 8.22. The molecule has 2 heterocycles. The molecule has 0 aliphatic carbocycles. The van der Waals surface area contributed by atoms with Gasteiger partial charge in [0.1, 0.15) is 11.8 Å². The van der Waals surface area contributed by atoms with Crippen molar-refractivity contribution in [2.45, 2.75) is 20.4 Å². The monoisotopic (exact) mass is 565 g/mol. The lowest BCUT2D eigenvalue weighted by Crippen LogP contribution is -2.36. The lowest BCUT2D eigenvalue weighted by molar-refractivity contribution is -0.114. The molecule has 39 heavy (non-hydrogen) atoms. The first kappa shape index (κ1) is 27.4. The van der Waals surface area contributed by atoms with Crippen molar-refractivity contribution in [3.8, 4) is 11.8 Å². The van der Waals surface area contributed by atoms with Crippen molar-refractivity contribution in [2.75, 3.05) is 12.0 Å². The van der Waals surface area contributed by atoms with E-state index in [2.05, 4.69) is 20.4 Å². The molecule has 0 spiro atoms. The molecule has 0 bridgehead atoms. The highest BCUT2D eigenvalue weighted by molar-refractivity contribution is 6.47. The Labute approximate surface area is 232 Å². The zero-order chi connectivity index (χ0) is 28.1. The Kier molecular flexibility index (Phi) is 8.29. The van der Waals surface area contributed by atoms with Crippen LogP contribution in [0.4, 0.5) is 10.5 Å². The van der Waals surface area contributed by atoms with Crippen molar-refractivity contribution < 1.29 is 14.3 Å². The van der Waals surface area contributed by atoms with Crippen molar-refractivity contribution in [3.63, 3.8) is 0 Å². The number of nitriles is 1. The first-order valence-corrected chi connectivity index (χ1v) is 12.3. The number of pyridine rings is 1. The number of halogens is 2. The molecule has 0 aliphatic rings. The molecular weight excluding hydrogens is 545 g/mol. The third kappa shape index (κ3) is 6.09. The van der Waals surface area contributed by atoms with Gasteiger partial charge in [0.2, 0.25) is 5.71 Å². The molecule has 4 aromatic rings. The van der Waals surface area contributed by atoms with Crippen LogP contribution in [-0.2, 0) is 16.1 Å². The summed E-state index contributed by atoms with van der Waals surface area (Å²) in [6, 6.07) is 15.5. The summed E-state index contributed by atoms with van der Waals surface area (Å²) >= 11 is 13.1. The number of hydrogen-bond donors (Lipinski definition) is 2. The van der Waals surface area contributed by atoms with Crippen LogP contribution in [0.3, 0.4) is 0 Å². The maximum Gasteiger partial charge on any atom is 0.414 e. The largest absolute Gasteiger partial charge is 0.450 e. The van der Waals surface area contributed by atoms with Crippen LogP contribution in [0.2, 0.25) is 10.0 Å². The molecule has 2 aromatic heterocycles. The highest BCUT2D eigenvalue weighted by Gasteiger charge is 2.18. The molecule has 0 radical (unpaired) electrons. The zero-order valence-corrected chi connectivity index (χ0v) is 22.2. The van der Waals surface area contributed by atoms with Gasteiger partial charge in [-0.15, -0.1) is 0 Å². The number of anilines is 1. The number of aromatic nitrogens is 3. The predicted molar refractivity (Wildman–Crippen MR) is 147 cm³/mol. The van der Waals surface area contributed by atoms with E-state index in [0.29, 0.717) is 23.3 Å². The Morgan fingerprint density at radius 2 is 1.79 bits per heavy atom. The van der Waals surface area contributed by atoms with Gasteiger partial charge in [0.15, 0.2) is 0 Å². The standard InChI is InChI=1S/C26H21Cl2N7O4/c1-3-39-26(38)31-25(37)20(12-29)33-32-17-10-18(27)24(19(28)11-17)35-21-8-9-23(36)34(22(21)13-30-35)14-16-6-4-15(2)5-7-16/h4-11,13,32H,3,14H2,1-2H3,(H,31,37,38)/b33-20-. The molecule has 2 aromatic carbocycles. The van der Waals surface area contributed by atoms with E-state index in [1.165, 1.54) is 22.9 Å². The number of aryl methyl sites for hydroxylation is 1. The SMILES string of the molecule is CCOC(=O)NC(=O)/C(C#N)=N\Nc1cc(Cl)c(-n2ncc3c2ccc(=O)n3Cc2ccc(C)cc2)c(Cl)c1. The van der Waals surface area contributed by atoms with Gasteiger partial charge in [0, 0.05) is 6.07 Å². The Balaban J connectivity index is 1.63. The summed E-state index contributed by atoms with van der Waals surface area (Å²) in [5.41, 5.74) is 5.61. The molecule has 4 rings (SSSR count). The van der Waals surface area contributed by atoms with Crippen molar-refractivity contribution in [2.24, 2.45) is 5.10 Å². The van der Waals surface area contributed by atoms with Crippen molar-refractivity contribution in [1.29, 1.82) is 5.26 Å². The minimum atomic E-state index is -1.04. The van der Waals surface area contributed by atoms with Crippen LogP contribution in [0, 0.1) is 18.3 Å². The summed E-state index contributed by atoms with van der Waals surface area (Å²) in [7, 11) is 0. The van der Waals surface area contributed by atoms with Gasteiger partial charge in [-0.1, -0.05) is 53.0 Å². The molecule has 0 saturated carbocycles.